The van der Waals surface area contributed by atoms with Crippen LogP contribution in [0.25, 0.3) is 0 Å². The Balaban J connectivity index is 2.60. The van der Waals surface area contributed by atoms with Crippen molar-refractivity contribution in [1.82, 2.24) is 5.32 Å². The Hall–Kier alpha value is -3.94. The molecule has 11 heteroatoms. The largest absolute Gasteiger partial charge is 0.454 e. The van der Waals surface area contributed by atoms with Crippen LogP contribution in [-0.4, -0.2) is 99.6 Å². The lowest BCUT2D eigenvalue weighted by atomic mass is 9.99. The lowest BCUT2D eigenvalue weighted by molar-refractivity contribution is -0.305. The molecule has 0 aliphatic carbocycles. The Morgan fingerprint density at radius 2 is 0.818 bits per heavy atom. The Kier molecular flexibility index (Phi) is 59.0. The highest BCUT2D eigenvalue weighted by molar-refractivity contribution is 5.80. The van der Waals surface area contributed by atoms with E-state index in [1.54, 1.807) is 6.08 Å². The predicted octanol–water partition coefficient (Wildman–Crippen LogP) is 18.6. The molecule has 1 fully saturated rings. The first-order valence-corrected chi connectivity index (χ1v) is 35.8. The molecule has 8 unspecified atom stereocenters. The highest BCUT2D eigenvalue weighted by Crippen LogP contribution is 2.26. The van der Waals surface area contributed by atoms with E-state index in [0.29, 0.717) is 12.8 Å². The van der Waals surface area contributed by atoms with E-state index in [9.17, 15) is 35.1 Å². The summed E-state index contributed by atoms with van der Waals surface area (Å²) in [4.78, 5) is 26.7. The highest BCUT2D eigenvalue weighted by atomic mass is 16.7. The van der Waals surface area contributed by atoms with Crippen molar-refractivity contribution in [2.45, 2.75) is 339 Å². The van der Waals surface area contributed by atoms with Gasteiger partial charge in [0.25, 0.3) is 0 Å². The van der Waals surface area contributed by atoms with Crippen molar-refractivity contribution in [2.24, 2.45) is 0 Å². The topological polar surface area (TPSA) is 175 Å². The standard InChI is InChI=1S/C77H131NO10/c1-4-7-10-13-16-19-22-25-27-29-31-33-35-37-38-40-42-44-46-49-52-55-58-61-64-70(81)76(85)78-68(69(80)63-60-57-54-51-48-24-21-18-15-12-9-6-3)67-86-77-75(74(84)73(83)71(66-79)87-77)88-72(82)65-62-59-56-53-50-47-45-43-41-39-36-34-32-30-28-26-23-20-17-14-11-8-5-2/h7,10,16-17,19-20,25-28,31-34,37-39,41,60,63,68-71,73-75,77,79-81,83-84H,4-6,8-9,11-15,18,21-24,29-30,35-36,40,42-59,61-62,64-67H2,1-3H3,(H,78,85)/b10-7-,19-16-,20-17-,27-25-,28-26-,33-31-,34-32-,38-37-,41-39-,63-60+. The molecule has 0 spiro atoms. The molecule has 88 heavy (non-hydrogen) atoms. The van der Waals surface area contributed by atoms with E-state index in [1.807, 2.05) is 6.08 Å². The predicted molar refractivity (Wildman–Crippen MR) is 370 cm³/mol. The normalized spacial score (nSPS) is 18.9. The summed E-state index contributed by atoms with van der Waals surface area (Å²) in [7, 11) is 0. The number of carbonyl (C=O) groups is 2. The maximum Gasteiger partial charge on any atom is 0.306 e. The van der Waals surface area contributed by atoms with Gasteiger partial charge in [-0.2, -0.15) is 0 Å². The van der Waals surface area contributed by atoms with Crippen LogP contribution in [0.15, 0.2) is 122 Å². The average molecular weight is 1230 g/mol. The number of rotatable bonds is 60. The summed E-state index contributed by atoms with van der Waals surface area (Å²) in [5.74, 6) is -1.22. The number of allylic oxidation sites excluding steroid dienone is 19. The van der Waals surface area contributed by atoms with E-state index in [2.05, 4.69) is 135 Å². The molecule has 0 saturated carbocycles. The molecule has 6 N–H and O–H groups in total. The minimum absolute atomic E-state index is 0.105. The zero-order valence-electron chi connectivity index (χ0n) is 56.1. The van der Waals surface area contributed by atoms with Crippen LogP contribution in [-0.2, 0) is 23.8 Å². The molecule has 11 nitrogen and oxygen atoms in total. The molecule has 0 aromatic heterocycles. The second-order valence-corrected chi connectivity index (χ2v) is 24.2. The fourth-order valence-electron chi connectivity index (χ4n) is 10.5. The number of hydrogen-bond donors (Lipinski definition) is 6. The number of aliphatic hydroxyl groups excluding tert-OH is 5. The quantitative estimate of drug-likeness (QED) is 0.0195. The number of unbranched alkanes of at least 4 members (excludes halogenated alkanes) is 28. The van der Waals surface area contributed by atoms with E-state index < -0.39 is 67.4 Å². The molecule has 0 bridgehead atoms. The summed E-state index contributed by atoms with van der Waals surface area (Å²) in [6.07, 6.45) is 78.0. The third-order valence-corrected chi connectivity index (χ3v) is 16.1. The van der Waals surface area contributed by atoms with Gasteiger partial charge in [-0.05, 0) is 116 Å². The third-order valence-electron chi connectivity index (χ3n) is 16.1. The smallest absolute Gasteiger partial charge is 0.306 e. The van der Waals surface area contributed by atoms with Crippen molar-refractivity contribution in [2.75, 3.05) is 13.2 Å². The van der Waals surface area contributed by atoms with Gasteiger partial charge in [-0.3, -0.25) is 9.59 Å². The van der Waals surface area contributed by atoms with Gasteiger partial charge in [0, 0.05) is 6.42 Å². The first-order chi connectivity index (χ1) is 43.2. The molecule has 0 aromatic rings. The molecular formula is C77H131NO10. The molecule has 0 aromatic carbocycles. The third kappa shape index (κ3) is 49.8. The maximum atomic E-state index is 13.5. The van der Waals surface area contributed by atoms with Gasteiger partial charge in [0.1, 0.15) is 24.4 Å². The van der Waals surface area contributed by atoms with Gasteiger partial charge in [-0.1, -0.05) is 290 Å². The maximum absolute atomic E-state index is 13.5. The lowest BCUT2D eigenvalue weighted by Gasteiger charge is -2.41. The summed E-state index contributed by atoms with van der Waals surface area (Å²) in [5.41, 5.74) is 0. The number of nitrogens with one attached hydrogen (secondary N) is 1. The number of ether oxygens (including phenoxy) is 3. The summed E-state index contributed by atoms with van der Waals surface area (Å²) in [6.45, 7) is 5.65. The number of amides is 1. The van der Waals surface area contributed by atoms with Crippen LogP contribution in [0.3, 0.4) is 0 Å². The number of carbonyl (C=O) groups excluding carboxylic acids is 2. The monoisotopic (exact) mass is 1230 g/mol. The lowest BCUT2D eigenvalue weighted by Crippen LogP contribution is -2.61. The van der Waals surface area contributed by atoms with E-state index in [0.717, 1.165) is 148 Å². The average Bonchev–Trinajstić information content (AvgIpc) is 3.72. The fourth-order valence-corrected chi connectivity index (χ4v) is 10.5. The van der Waals surface area contributed by atoms with E-state index in [1.165, 1.54) is 96.3 Å². The van der Waals surface area contributed by atoms with Gasteiger partial charge in [-0.25, -0.2) is 0 Å². The molecule has 1 aliphatic heterocycles. The van der Waals surface area contributed by atoms with Crippen molar-refractivity contribution in [3.05, 3.63) is 122 Å². The van der Waals surface area contributed by atoms with Crippen LogP contribution in [0.4, 0.5) is 0 Å². The SMILES string of the molecule is CC/C=C\C/C=C\C/C=C\C/C=C\C/C=C\CCCCCCCCCCC(O)C(=O)NC(COC1OC(CO)C(O)C(O)C1OC(=O)CCCCCCCCC/C=C\C/C=C\C/C=C\C/C=C\CCCCC)C(O)/C=C/CCCCCCCCCCCC. The van der Waals surface area contributed by atoms with Gasteiger partial charge in [0.2, 0.25) is 5.91 Å². The van der Waals surface area contributed by atoms with Crippen LogP contribution < -0.4 is 5.32 Å². The summed E-state index contributed by atoms with van der Waals surface area (Å²) in [5, 5.41) is 57.3. The molecule has 1 heterocycles. The molecule has 1 saturated heterocycles. The minimum Gasteiger partial charge on any atom is -0.454 e. The van der Waals surface area contributed by atoms with Crippen molar-refractivity contribution >= 4 is 11.9 Å². The summed E-state index contributed by atoms with van der Waals surface area (Å²) < 4.78 is 17.7. The Morgan fingerprint density at radius 3 is 1.25 bits per heavy atom. The van der Waals surface area contributed by atoms with Crippen LogP contribution in [0.1, 0.15) is 290 Å². The fraction of sp³-hybridized carbons (Fsp3) is 0.714. The second kappa shape index (κ2) is 63.2. The molecule has 1 aliphatic rings. The highest BCUT2D eigenvalue weighted by Gasteiger charge is 2.47. The van der Waals surface area contributed by atoms with Crippen molar-refractivity contribution in [3.63, 3.8) is 0 Å². The van der Waals surface area contributed by atoms with Crippen LogP contribution >= 0.6 is 0 Å². The molecular weight excluding hydrogens is 1100 g/mol. The minimum atomic E-state index is -1.63. The second-order valence-electron chi connectivity index (χ2n) is 24.2. The van der Waals surface area contributed by atoms with E-state index >= 15 is 0 Å². The molecule has 0 radical (unpaired) electrons. The first-order valence-electron chi connectivity index (χ1n) is 35.8. The van der Waals surface area contributed by atoms with Crippen molar-refractivity contribution in [1.29, 1.82) is 0 Å². The van der Waals surface area contributed by atoms with Gasteiger partial charge in [0.05, 0.1) is 25.4 Å². The number of esters is 1. The van der Waals surface area contributed by atoms with Gasteiger partial charge in [0.15, 0.2) is 12.4 Å². The molecule has 504 valence electrons. The number of aliphatic hydroxyl groups is 5. The van der Waals surface area contributed by atoms with E-state index in [-0.39, 0.29) is 19.4 Å². The summed E-state index contributed by atoms with van der Waals surface area (Å²) >= 11 is 0. The Morgan fingerprint density at radius 1 is 0.455 bits per heavy atom. The van der Waals surface area contributed by atoms with Gasteiger partial charge in [-0.15, -0.1) is 0 Å². The van der Waals surface area contributed by atoms with Crippen LogP contribution in [0.2, 0.25) is 0 Å². The summed E-state index contributed by atoms with van der Waals surface area (Å²) in [6, 6.07) is -1.04. The van der Waals surface area contributed by atoms with Crippen LogP contribution in [0, 0.1) is 0 Å². The molecule has 1 rings (SSSR count). The molecule has 8 atom stereocenters. The van der Waals surface area contributed by atoms with Crippen LogP contribution in [0.5, 0.6) is 0 Å². The first kappa shape index (κ1) is 82.1. The molecule has 1 amide bonds. The van der Waals surface area contributed by atoms with Gasteiger partial charge >= 0.3 is 5.97 Å². The van der Waals surface area contributed by atoms with E-state index in [4.69, 9.17) is 14.2 Å². The van der Waals surface area contributed by atoms with Gasteiger partial charge < -0.3 is 45.1 Å². The number of hydrogen-bond acceptors (Lipinski definition) is 10. The zero-order valence-corrected chi connectivity index (χ0v) is 56.1. The Bertz CT molecular complexity index is 1900. The van der Waals surface area contributed by atoms with Crippen molar-refractivity contribution in [3.8, 4) is 0 Å². The zero-order chi connectivity index (χ0) is 63.9. The Labute approximate surface area is 538 Å². The van der Waals surface area contributed by atoms with Crippen molar-refractivity contribution < 1.29 is 49.3 Å².